The number of benzene rings is 4. The number of nitrogens with one attached hydrogen (secondary N) is 1. The lowest BCUT2D eigenvalue weighted by atomic mass is 10.0. The number of halogens is 3. The van der Waals surface area contributed by atoms with Gasteiger partial charge in [0.2, 0.25) is 11.8 Å². The van der Waals surface area contributed by atoms with Crippen LogP contribution in [0.2, 0.25) is 15.1 Å². The van der Waals surface area contributed by atoms with Crippen molar-refractivity contribution in [2.75, 3.05) is 17.4 Å². The fourth-order valence-corrected chi connectivity index (χ4v) is 7.16. The van der Waals surface area contributed by atoms with Gasteiger partial charge in [-0.3, -0.25) is 13.9 Å². The third kappa shape index (κ3) is 8.82. The second-order valence-corrected chi connectivity index (χ2v) is 13.9. The first kappa shape index (κ1) is 35.3. The standard InChI is InChI=1S/C35H36Cl3N3O4S/c1-3-4-21-39-35(43)33(22-26-11-6-5-7-12-26)40(23-28-29(36)14-10-15-30(28)37)34(42)24-41(32-16-9-8-13-31(32)38)46(44,45)27-19-17-25(2)18-20-27/h5-20,33H,3-4,21-24H2,1-2H3,(H,39,43). The van der Waals surface area contributed by atoms with Crippen molar-refractivity contribution < 1.29 is 18.0 Å². The summed E-state index contributed by atoms with van der Waals surface area (Å²) in [5.74, 6) is -1.02. The number of unbranched alkanes of at least 4 members (excludes halogenated alkanes) is 1. The summed E-state index contributed by atoms with van der Waals surface area (Å²) < 4.78 is 29.3. The van der Waals surface area contributed by atoms with Crippen LogP contribution in [0.15, 0.2) is 102 Å². The van der Waals surface area contributed by atoms with Crippen molar-refractivity contribution in [2.24, 2.45) is 0 Å². The summed E-state index contributed by atoms with van der Waals surface area (Å²) in [5.41, 5.74) is 2.25. The zero-order valence-electron chi connectivity index (χ0n) is 25.6. The molecule has 0 heterocycles. The van der Waals surface area contributed by atoms with E-state index in [2.05, 4.69) is 5.32 Å². The second kappa shape index (κ2) is 16.3. The molecule has 0 aliphatic heterocycles. The van der Waals surface area contributed by atoms with Crippen LogP contribution in [0.5, 0.6) is 0 Å². The maximum atomic E-state index is 14.6. The first-order valence-corrected chi connectivity index (χ1v) is 17.5. The first-order chi connectivity index (χ1) is 22.0. The number of rotatable bonds is 14. The molecule has 0 bridgehead atoms. The molecule has 4 rings (SSSR count). The summed E-state index contributed by atoms with van der Waals surface area (Å²) in [6.07, 6.45) is 1.79. The summed E-state index contributed by atoms with van der Waals surface area (Å²) in [6, 6.07) is 26.0. The Balaban J connectivity index is 1.83. The Labute approximate surface area is 286 Å². The van der Waals surface area contributed by atoms with Crippen LogP contribution < -0.4 is 9.62 Å². The molecule has 7 nitrogen and oxygen atoms in total. The third-order valence-corrected chi connectivity index (χ3v) is 10.3. The highest BCUT2D eigenvalue weighted by molar-refractivity contribution is 7.92. The Morgan fingerprint density at radius 3 is 2.04 bits per heavy atom. The van der Waals surface area contributed by atoms with E-state index >= 15 is 0 Å². The van der Waals surface area contributed by atoms with Crippen molar-refractivity contribution in [3.05, 3.63) is 129 Å². The van der Waals surface area contributed by atoms with E-state index in [9.17, 15) is 18.0 Å². The molecule has 46 heavy (non-hydrogen) atoms. The first-order valence-electron chi connectivity index (χ1n) is 14.9. The zero-order chi connectivity index (χ0) is 33.3. The quantitative estimate of drug-likeness (QED) is 0.137. The van der Waals surface area contributed by atoms with Gasteiger partial charge >= 0.3 is 0 Å². The molecule has 0 spiro atoms. The van der Waals surface area contributed by atoms with Gasteiger partial charge in [0.25, 0.3) is 10.0 Å². The zero-order valence-corrected chi connectivity index (χ0v) is 28.7. The SMILES string of the molecule is CCCCNC(=O)C(Cc1ccccc1)N(Cc1c(Cl)cccc1Cl)C(=O)CN(c1ccccc1Cl)S(=O)(=O)c1ccc(C)cc1. The van der Waals surface area contributed by atoms with Crippen molar-refractivity contribution in [2.45, 2.75) is 50.6 Å². The van der Waals surface area contributed by atoms with Crippen LogP contribution >= 0.6 is 34.8 Å². The van der Waals surface area contributed by atoms with Gasteiger partial charge in [-0.25, -0.2) is 8.42 Å². The van der Waals surface area contributed by atoms with Gasteiger partial charge in [-0.1, -0.05) is 114 Å². The predicted octanol–water partition coefficient (Wildman–Crippen LogP) is 7.71. The van der Waals surface area contributed by atoms with Crippen molar-refractivity contribution in [3.63, 3.8) is 0 Å². The van der Waals surface area contributed by atoms with E-state index < -0.39 is 28.5 Å². The second-order valence-electron chi connectivity index (χ2n) is 10.8. The smallest absolute Gasteiger partial charge is 0.264 e. The van der Waals surface area contributed by atoms with Gasteiger partial charge in [-0.15, -0.1) is 0 Å². The summed E-state index contributed by atoms with van der Waals surface area (Å²) in [6.45, 7) is 3.50. The van der Waals surface area contributed by atoms with Crippen LogP contribution in [0.25, 0.3) is 0 Å². The van der Waals surface area contributed by atoms with E-state index in [1.54, 1.807) is 48.5 Å². The van der Waals surface area contributed by atoms with Gasteiger partial charge in [-0.2, -0.15) is 0 Å². The number of anilines is 1. The Kier molecular flexibility index (Phi) is 12.5. The molecular weight excluding hydrogens is 665 g/mol. The number of carbonyl (C=O) groups is 2. The predicted molar refractivity (Wildman–Crippen MR) is 186 cm³/mol. The Hall–Kier alpha value is -3.56. The molecule has 0 aromatic heterocycles. The minimum absolute atomic E-state index is 0.00957. The number of hydrogen-bond acceptors (Lipinski definition) is 4. The number of carbonyl (C=O) groups excluding carboxylic acids is 2. The van der Waals surface area contributed by atoms with Gasteiger partial charge in [-0.05, 0) is 55.3 Å². The van der Waals surface area contributed by atoms with Crippen molar-refractivity contribution in [3.8, 4) is 0 Å². The van der Waals surface area contributed by atoms with Crippen LogP contribution in [0.4, 0.5) is 5.69 Å². The molecule has 0 aliphatic rings. The molecule has 0 fully saturated rings. The Morgan fingerprint density at radius 1 is 0.804 bits per heavy atom. The van der Waals surface area contributed by atoms with E-state index in [0.29, 0.717) is 22.2 Å². The summed E-state index contributed by atoms with van der Waals surface area (Å²) in [4.78, 5) is 29.8. The number of para-hydroxylation sites is 1. The average Bonchev–Trinajstić information content (AvgIpc) is 3.04. The van der Waals surface area contributed by atoms with Crippen LogP contribution in [-0.4, -0.2) is 44.3 Å². The van der Waals surface area contributed by atoms with E-state index in [1.165, 1.54) is 23.1 Å². The van der Waals surface area contributed by atoms with Gasteiger partial charge in [0, 0.05) is 35.1 Å². The summed E-state index contributed by atoms with van der Waals surface area (Å²) in [7, 11) is -4.28. The average molecular weight is 701 g/mol. The number of amides is 2. The van der Waals surface area contributed by atoms with Crippen LogP contribution in [0.3, 0.4) is 0 Å². The van der Waals surface area contributed by atoms with Crippen molar-refractivity contribution in [1.29, 1.82) is 0 Å². The van der Waals surface area contributed by atoms with Crippen LogP contribution in [0.1, 0.15) is 36.5 Å². The molecule has 4 aromatic carbocycles. The van der Waals surface area contributed by atoms with Crippen LogP contribution in [0, 0.1) is 6.92 Å². The number of nitrogens with zero attached hydrogens (tertiary/aromatic N) is 2. The van der Waals surface area contributed by atoms with Gasteiger partial charge in [0.1, 0.15) is 12.6 Å². The lowest BCUT2D eigenvalue weighted by Gasteiger charge is -2.34. The van der Waals surface area contributed by atoms with Gasteiger partial charge in [0.05, 0.1) is 15.6 Å². The third-order valence-electron chi connectivity index (χ3n) is 7.50. The fourth-order valence-electron chi connectivity index (χ4n) is 4.92. The maximum absolute atomic E-state index is 14.6. The molecule has 0 saturated carbocycles. The number of sulfonamides is 1. The maximum Gasteiger partial charge on any atom is 0.264 e. The molecule has 11 heteroatoms. The highest BCUT2D eigenvalue weighted by Crippen LogP contribution is 2.32. The molecular formula is C35H36Cl3N3O4S. The molecule has 1 N–H and O–H groups in total. The number of aryl methyl sites for hydroxylation is 1. The Bertz CT molecular complexity index is 1730. The lowest BCUT2D eigenvalue weighted by molar-refractivity contribution is -0.140. The monoisotopic (exact) mass is 699 g/mol. The molecule has 242 valence electrons. The topological polar surface area (TPSA) is 86.8 Å². The van der Waals surface area contributed by atoms with Crippen LogP contribution in [-0.2, 0) is 32.6 Å². The summed E-state index contributed by atoms with van der Waals surface area (Å²) >= 11 is 19.7. The molecule has 0 aliphatic carbocycles. The molecule has 0 radical (unpaired) electrons. The molecule has 4 aromatic rings. The van der Waals surface area contributed by atoms with Crippen molar-refractivity contribution >= 4 is 62.3 Å². The highest BCUT2D eigenvalue weighted by atomic mass is 35.5. The lowest BCUT2D eigenvalue weighted by Crippen LogP contribution is -2.53. The largest absolute Gasteiger partial charge is 0.354 e. The van der Waals surface area contributed by atoms with E-state index in [-0.39, 0.29) is 34.5 Å². The summed E-state index contributed by atoms with van der Waals surface area (Å²) in [5, 5.41) is 3.72. The number of hydrogen-bond donors (Lipinski definition) is 1. The molecule has 0 saturated heterocycles. The molecule has 1 atom stereocenters. The van der Waals surface area contributed by atoms with Gasteiger partial charge < -0.3 is 10.2 Å². The minimum atomic E-state index is -4.28. The van der Waals surface area contributed by atoms with E-state index in [0.717, 1.165) is 28.3 Å². The molecule has 1 unspecified atom stereocenters. The fraction of sp³-hybridized carbons (Fsp3) is 0.257. The van der Waals surface area contributed by atoms with Gasteiger partial charge in [0.15, 0.2) is 0 Å². The van der Waals surface area contributed by atoms with E-state index in [4.69, 9.17) is 34.8 Å². The van der Waals surface area contributed by atoms with E-state index in [1.807, 2.05) is 44.2 Å². The molecule has 2 amide bonds. The normalized spacial score (nSPS) is 11.9. The Morgan fingerprint density at radius 2 is 1.41 bits per heavy atom. The van der Waals surface area contributed by atoms with Crippen molar-refractivity contribution in [1.82, 2.24) is 10.2 Å². The minimum Gasteiger partial charge on any atom is -0.354 e. The highest BCUT2D eigenvalue weighted by Gasteiger charge is 2.35.